The number of nitrogens with one attached hydrogen (secondary N) is 1. The molecule has 104 valence electrons. The van der Waals surface area contributed by atoms with Crippen LogP contribution in [0.4, 0.5) is 0 Å². The van der Waals surface area contributed by atoms with Crippen molar-refractivity contribution in [2.75, 3.05) is 45.8 Å². The fourth-order valence-electron chi connectivity index (χ4n) is 3.32. The van der Waals surface area contributed by atoms with Gasteiger partial charge in [0.15, 0.2) is 0 Å². The maximum Gasteiger partial charge on any atom is 0.222 e. The molecule has 0 aliphatic carbocycles. The monoisotopic (exact) mass is 253 g/mol. The van der Waals surface area contributed by atoms with Crippen LogP contribution in [0.2, 0.25) is 0 Å². The molecule has 2 unspecified atom stereocenters. The molecule has 2 atom stereocenters. The average Bonchev–Trinajstić information content (AvgIpc) is 2.91. The first kappa shape index (κ1) is 13.8. The van der Waals surface area contributed by atoms with Gasteiger partial charge in [-0.15, -0.1) is 0 Å². The summed E-state index contributed by atoms with van der Waals surface area (Å²) in [7, 11) is 0. The largest absolute Gasteiger partial charge is 0.343 e. The molecule has 1 amide bonds. The highest BCUT2D eigenvalue weighted by molar-refractivity contribution is 5.76. The standard InChI is InChI=1S/C14H27N3O/c1-3-17(4-2)14(18)6-5-7-16-10-12-8-15-9-13(12)11-16/h12-13,15H,3-11H2,1-2H3. The second-order valence-corrected chi connectivity index (χ2v) is 5.61. The molecule has 2 rings (SSSR count). The van der Waals surface area contributed by atoms with E-state index in [4.69, 9.17) is 0 Å². The number of carbonyl (C=O) groups is 1. The Morgan fingerprint density at radius 3 is 2.39 bits per heavy atom. The Morgan fingerprint density at radius 2 is 1.83 bits per heavy atom. The van der Waals surface area contributed by atoms with Crippen LogP contribution in [0.1, 0.15) is 26.7 Å². The molecule has 0 bridgehead atoms. The van der Waals surface area contributed by atoms with E-state index in [0.29, 0.717) is 12.3 Å². The summed E-state index contributed by atoms with van der Waals surface area (Å²) in [5.41, 5.74) is 0. The molecule has 4 nitrogen and oxygen atoms in total. The summed E-state index contributed by atoms with van der Waals surface area (Å²) in [6.45, 7) is 11.7. The molecule has 2 fully saturated rings. The number of carbonyl (C=O) groups excluding carboxylic acids is 1. The number of amides is 1. The van der Waals surface area contributed by atoms with Crippen molar-refractivity contribution in [2.24, 2.45) is 11.8 Å². The molecule has 0 aromatic heterocycles. The molecule has 2 heterocycles. The van der Waals surface area contributed by atoms with Gasteiger partial charge in [-0.1, -0.05) is 0 Å². The Bertz CT molecular complexity index is 266. The fourth-order valence-corrected chi connectivity index (χ4v) is 3.32. The summed E-state index contributed by atoms with van der Waals surface area (Å²) in [5, 5.41) is 3.46. The van der Waals surface area contributed by atoms with E-state index in [1.165, 1.54) is 26.2 Å². The minimum absolute atomic E-state index is 0.320. The molecule has 18 heavy (non-hydrogen) atoms. The molecule has 1 N–H and O–H groups in total. The summed E-state index contributed by atoms with van der Waals surface area (Å²) >= 11 is 0. The Hall–Kier alpha value is -0.610. The van der Waals surface area contributed by atoms with Gasteiger partial charge in [0.2, 0.25) is 5.91 Å². The number of likely N-dealkylation sites (tertiary alicyclic amines) is 1. The van der Waals surface area contributed by atoms with Crippen LogP contribution in [0.5, 0.6) is 0 Å². The Labute approximate surface area is 111 Å². The van der Waals surface area contributed by atoms with Gasteiger partial charge in [0, 0.05) is 32.6 Å². The van der Waals surface area contributed by atoms with Gasteiger partial charge in [-0.05, 0) is 51.7 Å². The van der Waals surface area contributed by atoms with Crippen LogP contribution in [-0.2, 0) is 4.79 Å². The van der Waals surface area contributed by atoms with Crippen molar-refractivity contribution in [3.63, 3.8) is 0 Å². The lowest BCUT2D eigenvalue weighted by Gasteiger charge is -2.20. The topological polar surface area (TPSA) is 35.6 Å². The second-order valence-electron chi connectivity index (χ2n) is 5.61. The van der Waals surface area contributed by atoms with E-state index in [0.717, 1.165) is 37.9 Å². The van der Waals surface area contributed by atoms with Crippen LogP contribution in [0, 0.1) is 11.8 Å². The lowest BCUT2D eigenvalue weighted by atomic mass is 10.0. The third-order valence-corrected chi connectivity index (χ3v) is 4.45. The highest BCUT2D eigenvalue weighted by Crippen LogP contribution is 2.26. The summed E-state index contributed by atoms with van der Waals surface area (Å²) < 4.78 is 0. The molecule has 4 heteroatoms. The van der Waals surface area contributed by atoms with E-state index in [1.54, 1.807) is 0 Å². The van der Waals surface area contributed by atoms with Gasteiger partial charge < -0.3 is 15.1 Å². The number of nitrogens with zero attached hydrogens (tertiary/aromatic N) is 2. The number of hydrogen-bond acceptors (Lipinski definition) is 3. The second kappa shape index (κ2) is 6.53. The van der Waals surface area contributed by atoms with E-state index in [2.05, 4.69) is 24.1 Å². The van der Waals surface area contributed by atoms with Crippen LogP contribution >= 0.6 is 0 Å². The first-order valence-corrected chi connectivity index (χ1v) is 7.45. The lowest BCUT2D eigenvalue weighted by molar-refractivity contribution is -0.130. The predicted molar refractivity (Wildman–Crippen MR) is 73.5 cm³/mol. The summed E-state index contributed by atoms with van der Waals surface area (Å²) in [4.78, 5) is 16.4. The highest BCUT2D eigenvalue weighted by atomic mass is 16.2. The molecule has 0 spiro atoms. The summed E-state index contributed by atoms with van der Waals surface area (Å²) in [6, 6.07) is 0. The number of rotatable bonds is 6. The Morgan fingerprint density at radius 1 is 1.22 bits per heavy atom. The summed E-state index contributed by atoms with van der Waals surface area (Å²) in [6.07, 6.45) is 1.73. The molecule has 0 aromatic carbocycles. The minimum Gasteiger partial charge on any atom is -0.343 e. The normalized spacial score (nSPS) is 27.4. The smallest absolute Gasteiger partial charge is 0.222 e. The molecule has 0 saturated carbocycles. The van der Waals surface area contributed by atoms with Crippen molar-refractivity contribution in [3.8, 4) is 0 Å². The van der Waals surface area contributed by atoms with Gasteiger partial charge in [-0.2, -0.15) is 0 Å². The van der Waals surface area contributed by atoms with Crippen LogP contribution in [-0.4, -0.2) is 61.5 Å². The van der Waals surface area contributed by atoms with Crippen LogP contribution in [0.3, 0.4) is 0 Å². The fraction of sp³-hybridized carbons (Fsp3) is 0.929. The number of hydrogen-bond donors (Lipinski definition) is 1. The van der Waals surface area contributed by atoms with Crippen molar-refractivity contribution in [1.82, 2.24) is 15.1 Å². The van der Waals surface area contributed by atoms with Gasteiger partial charge in [0.05, 0.1) is 0 Å². The van der Waals surface area contributed by atoms with Gasteiger partial charge in [-0.3, -0.25) is 4.79 Å². The van der Waals surface area contributed by atoms with Crippen molar-refractivity contribution in [1.29, 1.82) is 0 Å². The van der Waals surface area contributed by atoms with Crippen LogP contribution < -0.4 is 5.32 Å². The average molecular weight is 253 g/mol. The first-order chi connectivity index (χ1) is 8.74. The number of fused-ring (bicyclic) bond motifs is 1. The van der Waals surface area contributed by atoms with Crippen LogP contribution in [0.15, 0.2) is 0 Å². The molecule has 2 aliphatic rings. The molecule has 0 aromatic rings. The molecule has 0 radical (unpaired) electrons. The molecule has 2 saturated heterocycles. The third-order valence-electron chi connectivity index (χ3n) is 4.45. The molecular formula is C14H27N3O. The zero-order valence-electron chi connectivity index (χ0n) is 11.8. The van der Waals surface area contributed by atoms with E-state index >= 15 is 0 Å². The van der Waals surface area contributed by atoms with E-state index in [-0.39, 0.29) is 0 Å². The first-order valence-electron chi connectivity index (χ1n) is 7.45. The highest BCUT2D eigenvalue weighted by Gasteiger charge is 2.35. The van der Waals surface area contributed by atoms with Crippen molar-refractivity contribution >= 4 is 5.91 Å². The summed E-state index contributed by atoms with van der Waals surface area (Å²) in [5.74, 6) is 2.05. The quantitative estimate of drug-likeness (QED) is 0.760. The van der Waals surface area contributed by atoms with Gasteiger partial charge in [0.25, 0.3) is 0 Å². The van der Waals surface area contributed by atoms with Crippen molar-refractivity contribution < 1.29 is 4.79 Å². The third kappa shape index (κ3) is 3.23. The van der Waals surface area contributed by atoms with E-state index in [1.807, 2.05) is 4.90 Å². The Kier molecular flexibility index (Phi) is 5.01. The van der Waals surface area contributed by atoms with Crippen LogP contribution in [0.25, 0.3) is 0 Å². The van der Waals surface area contributed by atoms with E-state index in [9.17, 15) is 4.79 Å². The van der Waals surface area contributed by atoms with Gasteiger partial charge in [-0.25, -0.2) is 0 Å². The predicted octanol–water partition coefficient (Wildman–Crippen LogP) is 0.786. The van der Waals surface area contributed by atoms with Gasteiger partial charge in [0.1, 0.15) is 0 Å². The Balaban J connectivity index is 1.63. The van der Waals surface area contributed by atoms with Crippen molar-refractivity contribution in [2.45, 2.75) is 26.7 Å². The zero-order valence-corrected chi connectivity index (χ0v) is 11.8. The van der Waals surface area contributed by atoms with E-state index < -0.39 is 0 Å². The SMILES string of the molecule is CCN(CC)C(=O)CCCN1CC2CNCC2C1. The lowest BCUT2D eigenvalue weighted by Crippen LogP contribution is -2.32. The maximum atomic E-state index is 11.9. The maximum absolute atomic E-state index is 11.9. The zero-order chi connectivity index (χ0) is 13.0. The minimum atomic E-state index is 0.320. The van der Waals surface area contributed by atoms with Crippen molar-refractivity contribution in [3.05, 3.63) is 0 Å². The molecular weight excluding hydrogens is 226 g/mol. The molecule has 2 aliphatic heterocycles. The van der Waals surface area contributed by atoms with Gasteiger partial charge >= 0.3 is 0 Å².